The van der Waals surface area contributed by atoms with Crippen LogP contribution in [0.25, 0.3) is 11.1 Å². The summed E-state index contributed by atoms with van der Waals surface area (Å²) in [6.07, 6.45) is -4.61. The monoisotopic (exact) mass is 421 g/mol. The van der Waals surface area contributed by atoms with E-state index >= 15 is 0 Å². The number of hydrogen-bond donors (Lipinski definition) is 2. The second-order valence-electron chi connectivity index (χ2n) is 6.00. The second kappa shape index (κ2) is 8.00. The lowest BCUT2D eigenvalue weighted by Crippen LogP contribution is -2.14. The molecule has 3 N–H and O–H groups in total. The molecule has 2 aromatic carbocycles. The molecule has 0 aliphatic carbocycles. The molecule has 0 aliphatic heterocycles. The Labute approximate surface area is 169 Å². The van der Waals surface area contributed by atoms with E-state index in [1.54, 1.807) is 12.1 Å². The molecule has 0 bridgehead atoms. The Kier molecular flexibility index (Phi) is 5.65. The number of nitrogens with one attached hydrogen (secondary N) is 1. The zero-order valence-electron chi connectivity index (χ0n) is 15.0. The fourth-order valence-electron chi connectivity index (χ4n) is 2.68. The van der Waals surface area contributed by atoms with E-state index < -0.39 is 17.6 Å². The van der Waals surface area contributed by atoms with Crippen molar-refractivity contribution in [3.05, 3.63) is 70.7 Å². The number of anilines is 2. The minimum atomic E-state index is -4.61. The molecule has 0 saturated carbocycles. The van der Waals surface area contributed by atoms with Gasteiger partial charge in [0, 0.05) is 16.1 Å². The lowest BCUT2D eigenvalue weighted by atomic mass is 9.99. The van der Waals surface area contributed by atoms with E-state index in [1.807, 2.05) is 0 Å². The Bertz CT molecular complexity index is 1050. The van der Waals surface area contributed by atoms with Gasteiger partial charge in [0.1, 0.15) is 17.4 Å². The third-order valence-corrected chi connectivity index (χ3v) is 4.35. The van der Waals surface area contributed by atoms with Crippen LogP contribution >= 0.6 is 11.6 Å². The van der Waals surface area contributed by atoms with Gasteiger partial charge in [-0.15, -0.1) is 0 Å². The number of methoxy groups -OCH3 is 1. The van der Waals surface area contributed by atoms with Crippen LogP contribution in [0.15, 0.2) is 54.6 Å². The van der Waals surface area contributed by atoms with E-state index in [0.717, 1.165) is 6.07 Å². The van der Waals surface area contributed by atoms with Gasteiger partial charge in [0.2, 0.25) is 0 Å². The van der Waals surface area contributed by atoms with Crippen LogP contribution in [0.1, 0.15) is 15.9 Å². The number of aromatic nitrogens is 1. The van der Waals surface area contributed by atoms with Crippen molar-refractivity contribution >= 4 is 29.1 Å². The zero-order valence-corrected chi connectivity index (χ0v) is 15.8. The number of hydrogen-bond acceptors (Lipinski definition) is 4. The number of nitrogens with zero attached hydrogens (tertiary/aromatic N) is 1. The summed E-state index contributed by atoms with van der Waals surface area (Å²) in [5.74, 6) is -0.441. The van der Waals surface area contributed by atoms with E-state index in [9.17, 15) is 18.0 Å². The Morgan fingerprint density at radius 2 is 1.72 bits per heavy atom. The van der Waals surface area contributed by atoms with Crippen LogP contribution in [-0.4, -0.2) is 18.0 Å². The molecule has 0 saturated heterocycles. The van der Waals surface area contributed by atoms with Crippen LogP contribution in [0, 0.1) is 0 Å². The van der Waals surface area contributed by atoms with Gasteiger partial charge >= 0.3 is 6.18 Å². The molecule has 0 spiro atoms. The summed E-state index contributed by atoms with van der Waals surface area (Å²) in [6.45, 7) is 0. The van der Waals surface area contributed by atoms with Crippen LogP contribution in [0.4, 0.5) is 24.8 Å². The van der Waals surface area contributed by atoms with Crippen molar-refractivity contribution in [1.82, 2.24) is 4.98 Å². The van der Waals surface area contributed by atoms with Gasteiger partial charge in [-0.2, -0.15) is 13.2 Å². The number of carbonyl (C=O) groups excluding carboxylic acids is 1. The van der Waals surface area contributed by atoms with Crippen LogP contribution < -0.4 is 15.8 Å². The predicted molar refractivity (Wildman–Crippen MR) is 105 cm³/mol. The van der Waals surface area contributed by atoms with Crippen molar-refractivity contribution in [2.45, 2.75) is 6.18 Å². The lowest BCUT2D eigenvalue weighted by Gasteiger charge is -2.16. The van der Waals surface area contributed by atoms with Gasteiger partial charge in [0.05, 0.1) is 12.7 Å². The van der Waals surface area contributed by atoms with Gasteiger partial charge < -0.3 is 15.8 Å². The van der Waals surface area contributed by atoms with E-state index in [-0.39, 0.29) is 28.5 Å². The molecule has 0 atom stereocenters. The molecule has 9 heteroatoms. The molecule has 5 nitrogen and oxygen atoms in total. The maximum Gasteiger partial charge on any atom is 0.417 e. The average Bonchev–Trinajstić information content (AvgIpc) is 2.67. The molecule has 0 fully saturated rings. The topological polar surface area (TPSA) is 77.2 Å². The Morgan fingerprint density at radius 1 is 1.07 bits per heavy atom. The van der Waals surface area contributed by atoms with Gasteiger partial charge in [-0.25, -0.2) is 4.98 Å². The number of nitrogens with two attached hydrogens (primary N) is 1. The summed E-state index contributed by atoms with van der Waals surface area (Å²) in [5, 5.41) is 3.02. The first-order valence-corrected chi connectivity index (χ1v) is 8.66. The van der Waals surface area contributed by atoms with E-state index in [1.165, 1.54) is 43.5 Å². The first-order chi connectivity index (χ1) is 13.7. The molecule has 1 heterocycles. The minimum absolute atomic E-state index is 0.0689. The summed E-state index contributed by atoms with van der Waals surface area (Å²) in [4.78, 5) is 16.3. The van der Waals surface area contributed by atoms with E-state index in [4.69, 9.17) is 22.1 Å². The summed E-state index contributed by atoms with van der Waals surface area (Å²) in [7, 11) is 1.28. The standard InChI is InChI=1S/C20H15ClF3N3O2/c1-29-13-6-7-14(16(10-13)20(22,23)24)15-8-9-17(26-18(15)25)27-19(28)11-2-4-12(21)5-3-11/h2-10H,1H3,(H3,25,26,27,28). The van der Waals surface area contributed by atoms with Crippen molar-refractivity contribution in [2.75, 3.05) is 18.2 Å². The van der Waals surface area contributed by atoms with E-state index in [2.05, 4.69) is 10.3 Å². The third kappa shape index (κ3) is 4.60. The van der Waals surface area contributed by atoms with Gasteiger partial charge in [-0.3, -0.25) is 4.79 Å². The second-order valence-corrected chi connectivity index (χ2v) is 6.44. The number of carbonyl (C=O) groups is 1. The molecule has 150 valence electrons. The SMILES string of the molecule is COc1ccc(-c2ccc(NC(=O)c3ccc(Cl)cc3)nc2N)c(C(F)(F)F)c1. The third-order valence-electron chi connectivity index (χ3n) is 4.10. The predicted octanol–water partition coefficient (Wildman–Crippen LogP) is 5.26. The summed E-state index contributed by atoms with van der Waals surface area (Å²) < 4.78 is 45.3. The molecule has 1 aromatic heterocycles. The highest BCUT2D eigenvalue weighted by Gasteiger charge is 2.34. The highest BCUT2D eigenvalue weighted by Crippen LogP contribution is 2.40. The molecule has 0 aliphatic rings. The molecule has 3 aromatic rings. The van der Waals surface area contributed by atoms with Crippen LogP contribution in [-0.2, 0) is 6.18 Å². The van der Waals surface area contributed by atoms with Crippen LogP contribution in [0.3, 0.4) is 0 Å². The summed E-state index contributed by atoms with van der Waals surface area (Å²) in [6, 6.07) is 12.5. The quantitative estimate of drug-likeness (QED) is 0.602. The van der Waals surface area contributed by atoms with Crippen molar-refractivity contribution < 1.29 is 22.7 Å². The zero-order chi connectivity index (χ0) is 21.2. The van der Waals surface area contributed by atoms with Crippen molar-refractivity contribution in [2.24, 2.45) is 0 Å². The molecule has 0 radical (unpaired) electrons. The Morgan fingerprint density at radius 3 is 2.31 bits per heavy atom. The van der Waals surface area contributed by atoms with Crippen molar-refractivity contribution in [3.8, 4) is 16.9 Å². The summed E-state index contributed by atoms with van der Waals surface area (Å²) >= 11 is 5.79. The van der Waals surface area contributed by atoms with E-state index in [0.29, 0.717) is 10.6 Å². The number of rotatable bonds is 4. The van der Waals surface area contributed by atoms with Gasteiger partial charge in [0.25, 0.3) is 5.91 Å². The highest BCUT2D eigenvalue weighted by molar-refractivity contribution is 6.30. The molecule has 29 heavy (non-hydrogen) atoms. The maximum atomic E-state index is 13.5. The number of nitrogen functional groups attached to an aromatic ring is 1. The fraction of sp³-hybridized carbons (Fsp3) is 0.100. The van der Waals surface area contributed by atoms with Crippen molar-refractivity contribution in [1.29, 1.82) is 0 Å². The molecule has 0 unspecified atom stereocenters. The molecular formula is C20H15ClF3N3O2. The van der Waals surface area contributed by atoms with Gasteiger partial charge in [0.15, 0.2) is 0 Å². The maximum absolute atomic E-state index is 13.5. The Balaban J connectivity index is 1.92. The van der Waals surface area contributed by atoms with Crippen molar-refractivity contribution in [3.63, 3.8) is 0 Å². The first kappa shape index (κ1) is 20.5. The molecule has 3 rings (SSSR count). The first-order valence-electron chi connectivity index (χ1n) is 8.28. The number of alkyl halides is 3. The number of amides is 1. The lowest BCUT2D eigenvalue weighted by molar-refractivity contribution is -0.137. The average molecular weight is 422 g/mol. The van der Waals surface area contributed by atoms with Gasteiger partial charge in [-0.1, -0.05) is 11.6 Å². The smallest absolute Gasteiger partial charge is 0.417 e. The fourth-order valence-corrected chi connectivity index (χ4v) is 2.81. The van der Waals surface area contributed by atoms with Gasteiger partial charge in [-0.05, 0) is 60.2 Å². The molecule has 1 amide bonds. The van der Waals surface area contributed by atoms with Crippen LogP contribution in [0.2, 0.25) is 5.02 Å². The number of halogens is 4. The number of benzene rings is 2. The minimum Gasteiger partial charge on any atom is -0.497 e. The highest BCUT2D eigenvalue weighted by atomic mass is 35.5. The molecular weight excluding hydrogens is 407 g/mol. The number of pyridine rings is 1. The largest absolute Gasteiger partial charge is 0.497 e. The normalized spacial score (nSPS) is 11.2. The summed E-state index contributed by atoms with van der Waals surface area (Å²) in [5.41, 5.74) is 5.28. The number of ether oxygens (including phenoxy) is 1. The Hall–Kier alpha value is -3.26. The van der Waals surface area contributed by atoms with Crippen LogP contribution in [0.5, 0.6) is 5.75 Å².